The lowest BCUT2D eigenvalue weighted by molar-refractivity contribution is -0.130. The molecule has 0 bridgehead atoms. The van der Waals surface area contributed by atoms with Crippen LogP contribution in [0.1, 0.15) is 19.3 Å². The van der Waals surface area contributed by atoms with Crippen molar-refractivity contribution < 1.29 is 13.2 Å². The van der Waals surface area contributed by atoms with E-state index in [1.807, 2.05) is 0 Å². The molecule has 1 aliphatic carbocycles. The van der Waals surface area contributed by atoms with Gasteiger partial charge in [0.2, 0.25) is 15.9 Å². The molecule has 1 aromatic rings. The SMILES string of the molecule is CN(C(=O)CCNS(=O)(=O)c1ccc(Br)cc1)C1CC1. The summed E-state index contributed by atoms with van der Waals surface area (Å²) < 4.78 is 27.2. The van der Waals surface area contributed by atoms with Gasteiger partial charge < -0.3 is 4.90 Å². The van der Waals surface area contributed by atoms with Crippen LogP contribution in [0.5, 0.6) is 0 Å². The molecule has 1 fully saturated rings. The van der Waals surface area contributed by atoms with Gasteiger partial charge in [0.05, 0.1) is 4.90 Å². The van der Waals surface area contributed by atoms with Crippen LogP contribution in [-0.2, 0) is 14.8 Å². The van der Waals surface area contributed by atoms with Crippen LogP contribution in [0.15, 0.2) is 33.6 Å². The van der Waals surface area contributed by atoms with Crippen LogP contribution in [0.2, 0.25) is 0 Å². The van der Waals surface area contributed by atoms with Crippen molar-refractivity contribution in [2.24, 2.45) is 0 Å². The summed E-state index contributed by atoms with van der Waals surface area (Å²) in [5.41, 5.74) is 0. The zero-order chi connectivity index (χ0) is 14.8. The van der Waals surface area contributed by atoms with E-state index in [0.29, 0.717) is 6.04 Å². The number of carbonyl (C=O) groups excluding carboxylic acids is 1. The van der Waals surface area contributed by atoms with Crippen LogP contribution in [0.3, 0.4) is 0 Å². The van der Waals surface area contributed by atoms with E-state index in [2.05, 4.69) is 20.7 Å². The maximum atomic E-state index is 12.0. The summed E-state index contributed by atoms with van der Waals surface area (Å²) in [6.45, 7) is 0.119. The van der Waals surface area contributed by atoms with Crippen LogP contribution in [0.25, 0.3) is 0 Å². The average molecular weight is 361 g/mol. The molecule has 0 radical (unpaired) electrons. The maximum absolute atomic E-state index is 12.0. The Morgan fingerprint density at radius 2 is 1.95 bits per heavy atom. The third-order valence-electron chi connectivity index (χ3n) is 3.24. The van der Waals surface area contributed by atoms with E-state index in [4.69, 9.17) is 0 Å². The topological polar surface area (TPSA) is 66.5 Å². The highest BCUT2D eigenvalue weighted by atomic mass is 79.9. The number of hydrogen-bond acceptors (Lipinski definition) is 3. The monoisotopic (exact) mass is 360 g/mol. The van der Waals surface area contributed by atoms with Crippen molar-refractivity contribution in [1.82, 2.24) is 9.62 Å². The van der Waals surface area contributed by atoms with Crippen molar-refractivity contribution in [2.75, 3.05) is 13.6 Å². The molecule has 0 atom stereocenters. The van der Waals surface area contributed by atoms with Crippen molar-refractivity contribution in [3.63, 3.8) is 0 Å². The zero-order valence-corrected chi connectivity index (χ0v) is 13.6. The van der Waals surface area contributed by atoms with Gasteiger partial charge in [0.25, 0.3) is 0 Å². The van der Waals surface area contributed by atoms with Gasteiger partial charge in [-0.05, 0) is 37.1 Å². The number of rotatable bonds is 6. The quantitative estimate of drug-likeness (QED) is 0.839. The third-order valence-corrected chi connectivity index (χ3v) is 5.25. The van der Waals surface area contributed by atoms with Crippen molar-refractivity contribution in [1.29, 1.82) is 0 Å². The molecule has 1 aromatic carbocycles. The number of benzene rings is 1. The summed E-state index contributed by atoms with van der Waals surface area (Å²) in [5, 5.41) is 0. The Labute approximate surface area is 127 Å². The van der Waals surface area contributed by atoms with E-state index in [0.717, 1.165) is 17.3 Å². The predicted octanol–water partition coefficient (Wildman–Crippen LogP) is 1.74. The Morgan fingerprint density at radius 1 is 1.35 bits per heavy atom. The molecule has 0 saturated heterocycles. The van der Waals surface area contributed by atoms with Crippen molar-refractivity contribution in [3.05, 3.63) is 28.7 Å². The number of amides is 1. The first kappa shape index (κ1) is 15.5. The summed E-state index contributed by atoms with van der Waals surface area (Å²) in [4.78, 5) is 13.7. The summed E-state index contributed by atoms with van der Waals surface area (Å²) in [5.74, 6) is -0.0222. The molecule has 1 N–H and O–H groups in total. The molecule has 1 aliphatic rings. The van der Waals surface area contributed by atoms with Gasteiger partial charge in [-0.1, -0.05) is 15.9 Å². The van der Waals surface area contributed by atoms with E-state index in [1.165, 1.54) is 12.1 Å². The minimum absolute atomic E-state index is 0.0222. The fraction of sp³-hybridized carbons (Fsp3) is 0.462. The van der Waals surface area contributed by atoms with Gasteiger partial charge in [-0.2, -0.15) is 0 Å². The molecule has 0 spiro atoms. The largest absolute Gasteiger partial charge is 0.343 e. The number of carbonyl (C=O) groups is 1. The summed E-state index contributed by atoms with van der Waals surface area (Å²) in [6, 6.07) is 6.72. The first-order chi connectivity index (χ1) is 9.40. The number of nitrogens with zero attached hydrogens (tertiary/aromatic N) is 1. The van der Waals surface area contributed by atoms with Gasteiger partial charge in [-0.15, -0.1) is 0 Å². The molecule has 0 unspecified atom stereocenters. The molecule has 20 heavy (non-hydrogen) atoms. The van der Waals surface area contributed by atoms with Crippen molar-refractivity contribution in [2.45, 2.75) is 30.2 Å². The first-order valence-corrected chi connectivity index (χ1v) is 8.68. The molecule has 0 aromatic heterocycles. The first-order valence-electron chi connectivity index (χ1n) is 6.41. The fourth-order valence-corrected chi connectivity index (χ4v) is 3.13. The summed E-state index contributed by atoms with van der Waals surface area (Å²) >= 11 is 3.25. The molecule has 110 valence electrons. The second-order valence-electron chi connectivity index (χ2n) is 4.84. The highest BCUT2D eigenvalue weighted by Gasteiger charge is 2.29. The van der Waals surface area contributed by atoms with Gasteiger partial charge in [-0.25, -0.2) is 13.1 Å². The van der Waals surface area contributed by atoms with E-state index >= 15 is 0 Å². The molecule has 2 rings (SSSR count). The van der Waals surface area contributed by atoms with Crippen molar-refractivity contribution >= 4 is 31.9 Å². The van der Waals surface area contributed by atoms with Crippen molar-refractivity contribution in [3.8, 4) is 0 Å². The molecule has 0 aliphatic heterocycles. The van der Waals surface area contributed by atoms with Gasteiger partial charge in [0, 0.05) is 30.5 Å². The fourth-order valence-electron chi connectivity index (χ4n) is 1.83. The molecule has 1 amide bonds. The Hall–Kier alpha value is -0.920. The molecular formula is C13H17BrN2O3S. The lowest BCUT2D eigenvalue weighted by Gasteiger charge is -2.16. The Balaban J connectivity index is 1.86. The number of sulfonamides is 1. The minimum Gasteiger partial charge on any atom is -0.343 e. The molecular weight excluding hydrogens is 344 g/mol. The number of nitrogens with one attached hydrogen (secondary N) is 1. The van der Waals surface area contributed by atoms with Crippen LogP contribution in [0.4, 0.5) is 0 Å². The maximum Gasteiger partial charge on any atom is 0.240 e. The second kappa shape index (κ2) is 6.24. The third kappa shape index (κ3) is 4.04. The van der Waals surface area contributed by atoms with E-state index < -0.39 is 10.0 Å². The summed E-state index contributed by atoms with van der Waals surface area (Å²) in [7, 11) is -1.78. The van der Waals surface area contributed by atoms with Crippen LogP contribution < -0.4 is 4.72 Å². The Kier molecular flexibility index (Phi) is 4.82. The number of halogens is 1. The second-order valence-corrected chi connectivity index (χ2v) is 7.52. The minimum atomic E-state index is -3.54. The van der Waals surface area contributed by atoms with E-state index in [1.54, 1.807) is 24.1 Å². The molecule has 1 saturated carbocycles. The van der Waals surface area contributed by atoms with Gasteiger partial charge in [0.15, 0.2) is 0 Å². The zero-order valence-electron chi connectivity index (χ0n) is 11.2. The van der Waals surface area contributed by atoms with Crippen LogP contribution >= 0.6 is 15.9 Å². The molecule has 7 heteroatoms. The standard InChI is InChI=1S/C13H17BrN2O3S/c1-16(11-4-5-11)13(17)8-9-15-20(18,19)12-6-2-10(14)3-7-12/h2-3,6-7,11,15H,4-5,8-9H2,1H3. The predicted molar refractivity (Wildman–Crippen MR) is 79.7 cm³/mol. The van der Waals surface area contributed by atoms with Crippen LogP contribution in [0, 0.1) is 0 Å². The van der Waals surface area contributed by atoms with Gasteiger partial charge in [0.1, 0.15) is 0 Å². The molecule has 5 nitrogen and oxygen atoms in total. The molecule has 0 heterocycles. The Bertz CT molecular complexity index is 582. The highest BCUT2D eigenvalue weighted by Crippen LogP contribution is 2.25. The van der Waals surface area contributed by atoms with Crippen LogP contribution in [-0.4, -0.2) is 38.9 Å². The van der Waals surface area contributed by atoms with Gasteiger partial charge >= 0.3 is 0 Å². The lowest BCUT2D eigenvalue weighted by atomic mass is 10.3. The van der Waals surface area contributed by atoms with Gasteiger partial charge in [-0.3, -0.25) is 4.79 Å². The lowest BCUT2D eigenvalue weighted by Crippen LogP contribution is -2.33. The Morgan fingerprint density at radius 3 is 2.50 bits per heavy atom. The average Bonchev–Trinajstić information content (AvgIpc) is 3.22. The number of hydrogen-bond donors (Lipinski definition) is 1. The smallest absolute Gasteiger partial charge is 0.240 e. The summed E-state index contributed by atoms with van der Waals surface area (Å²) in [6.07, 6.45) is 2.28. The normalized spacial score (nSPS) is 15.1. The van der Waals surface area contributed by atoms with E-state index in [-0.39, 0.29) is 23.8 Å². The van der Waals surface area contributed by atoms with E-state index in [9.17, 15) is 13.2 Å². The highest BCUT2D eigenvalue weighted by molar-refractivity contribution is 9.10.